The van der Waals surface area contributed by atoms with E-state index >= 15 is 4.39 Å². The second-order valence-corrected chi connectivity index (χ2v) is 11.1. The summed E-state index contributed by atoms with van der Waals surface area (Å²) in [5, 5.41) is 1.35. The van der Waals surface area contributed by atoms with Crippen LogP contribution in [0.2, 0.25) is 0 Å². The van der Waals surface area contributed by atoms with E-state index in [1.54, 1.807) is 24.4 Å². The number of hydrogen-bond donors (Lipinski definition) is 0. The Labute approximate surface area is 215 Å². The van der Waals surface area contributed by atoms with Gasteiger partial charge in [0, 0.05) is 42.4 Å². The smallest absolute Gasteiger partial charge is 0.262 e. The lowest BCUT2D eigenvalue weighted by Gasteiger charge is -2.39. The fourth-order valence-electron chi connectivity index (χ4n) is 6.63. The molecule has 4 heterocycles. The van der Waals surface area contributed by atoms with Crippen LogP contribution < -0.4 is 15.0 Å². The Bertz CT molecular complexity index is 1350. The zero-order valence-electron chi connectivity index (χ0n) is 21.0. The van der Waals surface area contributed by atoms with Crippen molar-refractivity contribution in [1.82, 2.24) is 9.47 Å². The van der Waals surface area contributed by atoms with Crippen molar-refractivity contribution in [3.8, 4) is 17.2 Å². The number of rotatable bonds is 7. The lowest BCUT2D eigenvalue weighted by Crippen LogP contribution is -2.47. The normalized spacial score (nSPS) is 27.6. The molecule has 4 atom stereocenters. The van der Waals surface area contributed by atoms with Crippen molar-refractivity contribution < 1.29 is 18.6 Å². The molecule has 3 aliphatic heterocycles. The number of halogens is 1. The summed E-state index contributed by atoms with van der Waals surface area (Å²) >= 11 is 0. The van der Waals surface area contributed by atoms with E-state index in [0.717, 1.165) is 43.7 Å². The molecule has 4 fully saturated rings. The van der Waals surface area contributed by atoms with E-state index < -0.39 is 5.82 Å². The maximum Gasteiger partial charge on any atom is 0.262 e. The van der Waals surface area contributed by atoms with Crippen molar-refractivity contribution in [1.29, 1.82) is 0 Å². The summed E-state index contributed by atoms with van der Waals surface area (Å²) in [6.07, 6.45) is 11.0. The predicted molar refractivity (Wildman–Crippen MR) is 139 cm³/mol. The van der Waals surface area contributed by atoms with E-state index in [9.17, 15) is 4.79 Å². The number of nitrogens with zero attached hydrogens (tertiary/aromatic N) is 2. The third kappa shape index (κ3) is 4.53. The molecule has 3 aromatic rings. The fraction of sp³-hybridized carbons (Fsp3) is 0.500. The fourth-order valence-corrected chi connectivity index (χ4v) is 6.63. The summed E-state index contributed by atoms with van der Waals surface area (Å²) in [5.74, 6) is 0.554. The van der Waals surface area contributed by atoms with E-state index in [2.05, 4.69) is 4.90 Å². The second kappa shape index (κ2) is 9.44. The Kier molecular flexibility index (Phi) is 5.93. The number of fused-ring (bicyclic) bond motifs is 3. The molecule has 2 bridgehead atoms. The number of piperidine rings is 1. The van der Waals surface area contributed by atoms with Crippen molar-refractivity contribution >= 4 is 10.8 Å². The first-order chi connectivity index (χ1) is 18.1. The topological polar surface area (TPSA) is 52.9 Å². The van der Waals surface area contributed by atoms with E-state index in [0.29, 0.717) is 35.5 Å². The summed E-state index contributed by atoms with van der Waals surface area (Å²) in [4.78, 5) is 15.9. The molecule has 37 heavy (non-hydrogen) atoms. The van der Waals surface area contributed by atoms with Crippen LogP contribution in [-0.4, -0.2) is 53.0 Å². The summed E-state index contributed by atoms with van der Waals surface area (Å²) in [5.41, 5.74) is 0.291. The first kappa shape index (κ1) is 23.2. The molecule has 1 aliphatic carbocycles. The van der Waals surface area contributed by atoms with Gasteiger partial charge in [-0.3, -0.25) is 14.3 Å². The third-order valence-corrected chi connectivity index (χ3v) is 8.54. The van der Waals surface area contributed by atoms with Gasteiger partial charge in [0.1, 0.15) is 18.5 Å². The first-order valence-electron chi connectivity index (χ1n) is 13.8. The lowest BCUT2D eigenvalue weighted by molar-refractivity contribution is 0.0424. The molecule has 6 nitrogen and oxygen atoms in total. The minimum atomic E-state index is -0.431. The van der Waals surface area contributed by atoms with Gasteiger partial charge in [-0.15, -0.1) is 0 Å². The van der Waals surface area contributed by atoms with Gasteiger partial charge in [-0.05, 0) is 93.2 Å². The largest absolute Gasteiger partial charge is 0.491 e. The zero-order chi connectivity index (χ0) is 24.9. The average molecular weight is 505 g/mol. The molecular formula is C30H33FN2O4. The van der Waals surface area contributed by atoms with Crippen LogP contribution in [0.25, 0.3) is 16.5 Å². The Balaban J connectivity index is 1.06. The standard InChI is InChI=1S/C30H33FN2O4/c31-28-17-21(7-10-29(28)37-26-15-22-5-6-23(16-26)33(22)20-3-4-20)32-12-11-19-14-24(8-9-27(19)30(32)34)36-18-25-2-1-13-35-25/h7-12,14,17,20,22-23,25-26H,1-6,13,15-16,18H2/t22-,23+,25-,26+/m1/s1. The van der Waals surface area contributed by atoms with Gasteiger partial charge in [0.15, 0.2) is 11.6 Å². The molecule has 1 saturated carbocycles. The van der Waals surface area contributed by atoms with Gasteiger partial charge < -0.3 is 14.2 Å². The predicted octanol–water partition coefficient (Wildman–Crippen LogP) is 5.22. The Hall–Kier alpha value is -2.90. The molecule has 0 N–H and O–H groups in total. The van der Waals surface area contributed by atoms with E-state index in [-0.39, 0.29) is 23.5 Å². The molecule has 4 aliphatic rings. The number of aromatic nitrogens is 1. The highest BCUT2D eigenvalue weighted by molar-refractivity contribution is 5.83. The van der Waals surface area contributed by atoms with Crippen LogP contribution in [-0.2, 0) is 4.74 Å². The quantitative estimate of drug-likeness (QED) is 0.441. The molecule has 1 aromatic heterocycles. The lowest BCUT2D eigenvalue weighted by atomic mass is 9.99. The van der Waals surface area contributed by atoms with Gasteiger partial charge in [0.05, 0.1) is 11.8 Å². The molecule has 0 unspecified atom stereocenters. The van der Waals surface area contributed by atoms with Gasteiger partial charge in [-0.1, -0.05) is 0 Å². The maximum absolute atomic E-state index is 15.1. The molecule has 0 spiro atoms. The molecule has 3 saturated heterocycles. The number of pyridine rings is 1. The van der Waals surface area contributed by atoms with Crippen molar-refractivity contribution in [2.24, 2.45) is 0 Å². The zero-order valence-corrected chi connectivity index (χ0v) is 21.0. The molecular weight excluding hydrogens is 471 g/mol. The van der Waals surface area contributed by atoms with Crippen LogP contribution >= 0.6 is 0 Å². The highest BCUT2D eigenvalue weighted by Crippen LogP contribution is 2.44. The van der Waals surface area contributed by atoms with E-state index in [4.69, 9.17) is 14.2 Å². The van der Waals surface area contributed by atoms with Gasteiger partial charge in [-0.2, -0.15) is 0 Å². The van der Waals surface area contributed by atoms with Crippen LogP contribution in [0.5, 0.6) is 11.5 Å². The maximum atomic E-state index is 15.1. The molecule has 7 heteroatoms. The van der Waals surface area contributed by atoms with Gasteiger partial charge >= 0.3 is 0 Å². The molecule has 2 aromatic carbocycles. The van der Waals surface area contributed by atoms with Crippen LogP contribution in [0.4, 0.5) is 4.39 Å². The van der Waals surface area contributed by atoms with Crippen LogP contribution in [0.3, 0.4) is 0 Å². The molecule has 0 radical (unpaired) electrons. The van der Waals surface area contributed by atoms with Gasteiger partial charge in [0.2, 0.25) is 0 Å². The van der Waals surface area contributed by atoms with E-state index in [1.807, 2.05) is 18.2 Å². The Morgan fingerprint density at radius 1 is 0.946 bits per heavy atom. The molecule has 0 amide bonds. The summed E-state index contributed by atoms with van der Waals surface area (Å²) in [7, 11) is 0. The number of benzene rings is 2. The first-order valence-corrected chi connectivity index (χ1v) is 13.8. The number of ether oxygens (including phenoxy) is 3. The highest BCUT2D eigenvalue weighted by atomic mass is 19.1. The highest BCUT2D eigenvalue weighted by Gasteiger charge is 2.47. The SMILES string of the molecule is O=c1c2ccc(OC[C@H]3CCCO3)cc2ccn1-c1ccc(O[C@H]2C[C@H]3CC[C@@H](C2)N3C2CC2)c(F)c1. The van der Waals surface area contributed by atoms with Crippen molar-refractivity contribution in [3.05, 3.63) is 64.8 Å². The van der Waals surface area contributed by atoms with Crippen molar-refractivity contribution in [2.45, 2.75) is 81.7 Å². The van der Waals surface area contributed by atoms with Crippen LogP contribution in [0.1, 0.15) is 51.4 Å². The minimum absolute atomic E-state index is 0.0490. The van der Waals surface area contributed by atoms with Crippen LogP contribution in [0.15, 0.2) is 53.5 Å². The molecule has 194 valence electrons. The average Bonchev–Trinajstić information content (AvgIpc) is 3.53. The van der Waals surface area contributed by atoms with Crippen molar-refractivity contribution in [2.75, 3.05) is 13.2 Å². The second-order valence-electron chi connectivity index (χ2n) is 11.1. The summed E-state index contributed by atoms with van der Waals surface area (Å²) < 4.78 is 34.3. The van der Waals surface area contributed by atoms with Gasteiger partial charge in [-0.25, -0.2) is 4.39 Å². The van der Waals surface area contributed by atoms with E-state index in [1.165, 1.54) is 36.3 Å². The number of hydrogen-bond acceptors (Lipinski definition) is 5. The Morgan fingerprint density at radius 2 is 1.76 bits per heavy atom. The van der Waals surface area contributed by atoms with Crippen LogP contribution in [0, 0.1) is 5.82 Å². The van der Waals surface area contributed by atoms with Gasteiger partial charge in [0.25, 0.3) is 5.56 Å². The third-order valence-electron chi connectivity index (χ3n) is 8.54. The molecule has 7 rings (SSSR count). The summed E-state index contributed by atoms with van der Waals surface area (Å²) in [6, 6.07) is 14.1. The Morgan fingerprint density at radius 3 is 2.49 bits per heavy atom. The minimum Gasteiger partial charge on any atom is -0.491 e. The summed E-state index contributed by atoms with van der Waals surface area (Å²) in [6.45, 7) is 1.30. The monoisotopic (exact) mass is 504 g/mol. The van der Waals surface area contributed by atoms with Crippen molar-refractivity contribution in [3.63, 3.8) is 0 Å².